The minimum absolute atomic E-state index is 0. The van der Waals surface area contributed by atoms with Gasteiger partial charge in [0.2, 0.25) is 5.88 Å². The second-order valence-electron chi connectivity index (χ2n) is 4.69. The summed E-state index contributed by atoms with van der Waals surface area (Å²) in [6.45, 7) is 3.53. The zero-order valence-corrected chi connectivity index (χ0v) is 14.8. The highest BCUT2D eigenvalue weighted by Crippen LogP contribution is 2.10. The van der Waals surface area contributed by atoms with E-state index < -0.39 is 0 Å². The van der Waals surface area contributed by atoms with E-state index in [9.17, 15) is 0 Å². The zero-order chi connectivity index (χ0) is 14.2. The molecule has 0 spiro atoms. The third-order valence-corrected chi connectivity index (χ3v) is 3.12. The lowest BCUT2D eigenvalue weighted by molar-refractivity contribution is 0.397. The van der Waals surface area contributed by atoms with Gasteiger partial charge in [0.1, 0.15) is 0 Å². The van der Waals surface area contributed by atoms with Gasteiger partial charge in [0.15, 0.2) is 5.96 Å². The molecule has 5 nitrogen and oxygen atoms in total. The van der Waals surface area contributed by atoms with E-state index in [0.717, 1.165) is 30.9 Å². The van der Waals surface area contributed by atoms with Gasteiger partial charge in [-0.25, -0.2) is 9.98 Å². The van der Waals surface area contributed by atoms with Crippen molar-refractivity contribution in [2.45, 2.75) is 32.4 Å². The molecule has 1 aromatic rings. The highest BCUT2D eigenvalue weighted by Gasteiger charge is 2.11. The summed E-state index contributed by atoms with van der Waals surface area (Å²) in [7, 11) is 1.61. The lowest BCUT2D eigenvalue weighted by atomic mass is 10.2. The van der Waals surface area contributed by atoms with E-state index in [1.54, 1.807) is 13.3 Å². The fraction of sp³-hybridized carbons (Fsp3) is 0.467. The summed E-state index contributed by atoms with van der Waals surface area (Å²) in [5, 5.41) is 6.71. The van der Waals surface area contributed by atoms with Crippen LogP contribution < -0.4 is 15.4 Å². The van der Waals surface area contributed by atoms with Crippen LogP contribution in [0.1, 0.15) is 25.3 Å². The van der Waals surface area contributed by atoms with Crippen LogP contribution in [-0.4, -0.2) is 30.6 Å². The van der Waals surface area contributed by atoms with Gasteiger partial charge in [-0.05, 0) is 25.3 Å². The second kappa shape index (κ2) is 9.59. The molecule has 0 atom stereocenters. The van der Waals surface area contributed by atoms with Gasteiger partial charge < -0.3 is 15.4 Å². The molecular weight excluding hydrogens is 379 g/mol. The first-order valence-corrected chi connectivity index (χ1v) is 7.00. The quantitative estimate of drug-likeness (QED) is 0.344. The second-order valence-corrected chi connectivity index (χ2v) is 4.69. The van der Waals surface area contributed by atoms with Crippen LogP contribution in [0, 0.1) is 0 Å². The summed E-state index contributed by atoms with van der Waals surface area (Å²) in [4.78, 5) is 8.77. The number of nitrogens with zero attached hydrogens (tertiary/aromatic N) is 2. The summed E-state index contributed by atoms with van der Waals surface area (Å²) in [6, 6.07) is 4.30. The van der Waals surface area contributed by atoms with Crippen LogP contribution >= 0.6 is 24.0 Å². The monoisotopic (exact) mass is 402 g/mol. The summed E-state index contributed by atoms with van der Waals surface area (Å²) < 4.78 is 5.04. The smallest absolute Gasteiger partial charge is 0.212 e. The number of nitrogens with one attached hydrogen (secondary N) is 2. The molecule has 0 amide bonds. The molecule has 0 aromatic carbocycles. The van der Waals surface area contributed by atoms with E-state index in [2.05, 4.69) is 39.7 Å². The molecule has 0 fully saturated rings. The Kier molecular flexibility index (Phi) is 8.11. The van der Waals surface area contributed by atoms with Gasteiger partial charge >= 0.3 is 0 Å². The number of guanidine groups is 1. The van der Waals surface area contributed by atoms with Crippen molar-refractivity contribution in [1.29, 1.82) is 0 Å². The number of aliphatic imine (C=N–C) groups is 1. The van der Waals surface area contributed by atoms with E-state index >= 15 is 0 Å². The Morgan fingerprint density at radius 1 is 1.38 bits per heavy atom. The topological polar surface area (TPSA) is 58.5 Å². The van der Waals surface area contributed by atoms with Crippen LogP contribution in [0.3, 0.4) is 0 Å². The maximum Gasteiger partial charge on any atom is 0.212 e. The molecule has 1 aliphatic carbocycles. The highest BCUT2D eigenvalue weighted by molar-refractivity contribution is 14.0. The fourth-order valence-corrected chi connectivity index (χ4v) is 2.04. The van der Waals surface area contributed by atoms with Gasteiger partial charge in [0.25, 0.3) is 0 Å². The van der Waals surface area contributed by atoms with Gasteiger partial charge in [-0.15, -0.1) is 24.0 Å². The fourth-order valence-electron chi connectivity index (χ4n) is 2.04. The van der Waals surface area contributed by atoms with Crippen molar-refractivity contribution in [3.63, 3.8) is 0 Å². The predicted molar refractivity (Wildman–Crippen MR) is 96.3 cm³/mol. The normalized spacial score (nSPS) is 14.7. The lowest BCUT2D eigenvalue weighted by Crippen LogP contribution is -2.42. The van der Waals surface area contributed by atoms with Crippen molar-refractivity contribution in [3.8, 4) is 5.88 Å². The Balaban J connectivity index is 0.00000220. The molecule has 6 heteroatoms. The van der Waals surface area contributed by atoms with Crippen molar-refractivity contribution >= 4 is 29.9 Å². The van der Waals surface area contributed by atoms with Gasteiger partial charge in [-0.3, -0.25) is 0 Å². The first kappa shape index (κ1) is 17.7. The number of halogens is 1. The summed E-state index contributed by atoms with van der Waals surface area (Å²) >= 11 is 0. The summed E-state index contributed by atoms with van der Waals surface area (Å²) in [6.07, 6.45) is 8.33. The molecule has 21 heavy (non-hydrogen) atoms. The molecule has 1 aliphatic rings. The molecule has 0 radical (unpaired) electrons. The molecule has 0 aliphatic heterocycles. The molecule has 0 bridgehead atoms. The van der Waals surface area contributed by atoms with Crippen LogP contribution in [-0.2, 0) is 6.54 Å². The van der Waals surface area contributed by atoms with Crippen molar-refractivity contribution in [3.05, 3.63) is 36.0 Å². The molecule has 116 valence electrons. The first-order valence-electron chi connectivity index (χ1n) is 7.00. The van der Waals surface area contributed by atoms with Crippen LogP contribution in [0.25, 0.3) is 0 Å². The van der Waals surface area contributed by atoms with Crippen LogP contribution in [0.5, 0.6) is 5.88 Å². The van der Waals surface area contributed by atoms with E-state index in [0.29, 0.717) is 18.5 Å². The van der Waals surface area contributed by atoms with Crippen molar-refractivity contribution in [2.75, 3.05) is 13.7 Å². The SMILES string of the molecule is CCNC(=NCc1ccc(OC)nc1)NC1CC=CC1.I. The minimum Gasteiger partial charge on any atom is -0.481 e. The highest BCUT2D eigenvalue weighted by atomic mass is 127. The minimum atomic E-state index is 0. The number of aromatic nitrogens is 1. The Bertz CT molecular complexity index is 465. The molecule has 0 unspecified atom stereocenters. The van der Waals surface area contributed by atoms with Crippen LogP contribution in [0.2, 0.25) is 0 Å². The molecule has 1 aromatic heterocycles. The van der Waals surface area contributed by atoms with Crippen LogP contribution in [0.4, 0.5) is 0 Å². The van der Waals surface area contributed by atoms with Crippen molar-refractivity contribution < 1.29 is 4.74 Å². The Morgan fingerprint density at radius 3 is 2.71 bits per heavy atom. The van der Waals surface area contributed by atoms with Gasteiger partial charge in [0, 0.05) is 24.8 Å². The van der Waals surface area contributed by atoms with Crippen molar-refractivity contribution in [1.82, 2.24) is 15.6 Å². The van der Waals surface area contributed by atoms with Gasteiger partial charge in [-0.2, -0.15) is 0 Å². The number of rotatable bonds is 5. The van der Waals surface area contributed by atoms with E-state index in [4.69, 9.17) is 4.74 Å². The molecule has 1 heterocycles. The zero-order valence-electron chi connectivity index (χ0n) is 12.5. The number of hydrogen-bond donors (Lipinski definition) is 2. The Hall–Kier alpha value is -1.31. The van der Waals surface area contributed by atoms with E-state index in [-0.39, 0.29) is 24.0 Å². The third-order valence-electron chi connectivity index (χ3n) is 3.12. The number of ether oxygens (including phenoxy) is 1. The molecule has 2 N–H and O–H groups in total. The summed E-state index contributed by atoms with van der Waals surface area (Å²) in [5.74, 6) is 1.48. The maximum atomic E-state index is 5.04. The lowest BCUT2D eigenvalue weighted by Gasteiger charge is -2.16. The number of methoxy groups -OCH3 is 1. The standard InChI is InChI=1S/C15H22N4O.HI/c1-3-16-15(19-13-6-4-5-7-13)18-11-12-8-9-14(20-2)17-10-12;/h4-5,8-10,13H,3,6-7,11H2,1-2H3,(H2,16,18,19);1H. The molecular formula is C15H23IN4O. The Morgan fingerprint density at radius 2 is 2.14 bits per heavy atom. The maximum absolute atomic E-state index is 5.04. The third kappa shape index (κ3) is 5.91. The first-order chi connectivity index (χ1) is 9.81. The van der Waals surface area contributed by atoms with Crippen LogP contribution in [0.15, 0.2) is 35.5 Å². The summed E-state index contributed by atoms with van der Waals surface area (Å²) in [5.41, 5.74) is 1.06. The average molecular weight is 402 g/mol. The predicted octanol–water partition coefficient (Wildman–Crippen LogP) is 2.48. The Labute approximate surface area is 143 Å². The number of hydrogen-bond acceptors (Lipinski definition) is 3. The van der Waals surface area contributed by atoms with E-state index in [1.807, 2.05) is 12.1 Å². The largest absolute Gasteiger partial charge is 0.481 e. The van der Waals surface area contributed by atoms with E-state index in [1.165, 1.54) is 0 Å². The number of pyridine rings is 1. The average Bonchev–Trinajstić information content (AvgIpc) is 2.98. The van der Waals surface area contributed by atoms with Gasteiger partial charge in [-0.1, -0.05) is 18.2 Å². The molecule has 0 saturated carbocycles. The van der Waals surface area contributed by atoms with Crippen molar-refractivity contribution in [2.24, 2.45) is 4.99 Å². The molecule has 2 rings (SSSR count). The van der Waals surface area contributed by atoms with Gasteiger partial charge in [0.05, 0.1) is 13.7 Å². The molecule has 0 saturated heterocycles.